The van der Waals surface area contributed by atoms with Crippen LogP contribution in [0.4, 0.5) is 9.59 Å². The van der Waals surface area contributed by atoms with Crippen molar-refractivity contribution in [3.63, 3.8) is 0 Å². The van der Waals surface area contributed by atoms with Crippen LogP contribution in [-0.2, 0) is 17.8 Å². The zero-order valence-electron chi connectivity index (χ0n) is 17.7. The molecule has 1 aromatic heterocycles. The van der Waals surface area contributed by atoms with Gasteiger partial charge in [-0.2, -0.15) is 5.26 Å². The molecule has 0 aliphatic carbocycles. The van der Waals surface area contributed by atoms with E-state index in [0.29, 0.717) is 43.9 Å². The maximum atomic E-state index is 13.1. The summed E-state index contributed by atoms with van der Waals surface area (Å²) in [5.41, 5.74) is 2.14. The number of nitrogens with one attached hydrogen (secondary N) is 1. The fourth-order valence-electron chi connectivity index (χ4n) is 4.44. The van der Waals surface area contributed by atoms with Crippen LogP contribution in [0.3, 0.4) is 0 Å². The average molecular weight is 436 g/mol. The fraction of sp³-hybridized carbons (Fsp3) is 0.409. The normalized spacial score (nSPS) is 17.1. The Morgan fingerprint density at radius 1 is 1.28 bits per heavy atom. The number of aromatic nitrogens is 2. The topological polar surface area (TPSA) is 132 Å². The molecule has 166 valence electrons. The summed E-state index contributed by atoms with van der Waals surface area (Å²) >= 11 is 0. The molecule has 0 bridgehead atoms. The van der Waals surface area contributed by atoms with Gasteiger partial charge in [0.05, 0.1) is 30.1 Å². The third-order valence-electron chi connectivity index (χ3n) is 6.12. The van der Waals surface area contributed by atoms with Crippen molar-refractivity contribution >= 4 is 18.0 Å². The Morgan fingerprint density at radius 2 is 1.97 bits per heavy atom. The first-order valence-corrected chi connectivity index (χ1v) is 10.5. The summed E-state index contributed by atoms with van der Waals surface area (Å²) in [6.07, 6.45) is 1.91. The van der Waals surface area contributed by atoms with E-state index in [4.69, 9.17) is 5.26 Å². The Labute approximate surface area is 185 Å². The molecule has 1 saturated heterocycles. The zero-order chi connectivity index (χ0) is 22.8. The molecule has 0 radical (unpaired) electrons. The number of benzene rings is 1. The number of hydrogen-bond acceptors (Lipinski definition) is 5. The molecule has 1 fully saturated rings. The van der Waals surface area contributed by atoms with Crippen LogP contribution in [0.1, 0.15) is 35.5 Å². The molecule has 0 unspecified atom stereocenters. The number of carbonyl (C=O) groups is 3. The molecule has 3 heterocycles. The highest BCUT2D eigenvalue weighted by molar-refractivity contribution is 5.86. The maximum Gasteiger partial charge on any atom is 0.405 e. The van der Waals surface area contributed by atoms with E-state index in [1.165, 1.54) is 0 Å². The number of imidazole rings is 1. The second-order valence-corrected chi connectivity index (χ2v) is 8.11. The predicted molar refractivity (Wildman–Crippen MR) is 113 cm³/mol. The number of rotatable bonds is 5. The van der Waals surface area contributed by atoms with E-state index in [1.807, 2.05) is 11.0 Å². The molecule has 1 aromatic carbocycles. The highest BCUT2D eigenvalue weighted by Crippen LogP contribution is 2.26. The number of carbonyl (C=O) groups excluding carboxylic acids is 2. The molecule has 0 saturated carbocycles. The molecule has 2 aromatic rings. The Balaban J connectivity index is 1.38. The monoisotopic (exact) mass is 436 g/mol. The minimum absolute atomic E-state index is 0.0234. The van der Waals surface area contributed by atoms with E-state index in [2.05, 4.69) is 10.3 Å². The van der Waals surface area contributed by atoms with Crippen molar-refractivity contribution < 1.29 is 19.5 Å². The Kier molecular flexibility index (Phi) is 5.81. The molecule has 4 rings (SSSR count). The second kappa shape index (κ2) is 8.70. The van der Waals surface area contributed by atoms with Crippen LogP contribution < -0.4 is 5.32 Å². The van der Waals surface area contributed by atoms with Gasteiger partial charge in [-0.15, -0.1) is 0 Å². The van der Waals surface area contributed by atoms with Gasteiger partial charge in [-0.25, -0.2) is 14.6 Å². The summed E-state index contributed by atoms with van der Waals surface area (Å²) in [4.78, 5) is 44.8. The molecule has 3 amide bonds. The van der Waals surface area contributed by atoms with Crippen molar-refractivity contribution in [1.29, 1.82) is 5.26 Å². The van der Waals surface area contributed by atoms with E-state index in [0.717, 1.165) is 11.3 Å². The van der Waals surface area contributed by atoms with Crippen LogP contribution in [-0.4, -0.2) is 67.7 Å². The summed E-state index contributed by atoms with van der Waals surface area (Å²) in [5, 5.41) is 20.5. The Hall–Kier alpha value is -3.87. The molecule has 32 heavy (non-hydrogen) atoms. The number of likely N-dealkylation sites (tertiary alicyclic amines) is 1. The maximum absolute atomic E-state index is 13.1. The average Bonchev–Trinajstić information content (AvgIpc) is 3.32. The molecule has 2 aliphatic rings. The summed E-state index contributed by atoms with van der Waals surface area (Å²) < 4.78 is 1.63. The Morgan fingerprint density at radius 3 is 2.56 bits per heavy atom. The van der Waals surface area contributed by atoms with Gasteiger partial charge in [0.2, 0.25) is 5.91 Å². The van der Waals surface area contributed by atoms with Gasteiger partial charge < -0.3 is 20.2 Å². The van der Waals surface area contributed by atoms with Crippen molar-refractivity contribution in [3.05, 3.63) is 53.1 Å². The van der Waals surface area contributed by atoms with Gasteiger partial charge in [0.15, 0.2) is 0 Å². The third kappa shape index (κ3) is 4.14. The van der Waals surface area contributed by atoms with Crippen molar-refractivity contribution in [2.45, 2.75) is 44.8 Å². The molecule has 1 atom stereocenters. The lowest BCUT2D eigenvalue weighted by Crippen LogP contribution is -2.53. The Bertz CT molecular complexity index is 1080. The number of nitrogens with zero attached hydrogens (tertiary/aromatic N) is 5. The molecular weight excluding hydrogens is 412 g/mol. The smallest absolute Gasteiger partial charge is 0.405 e. The van der Waals surface area contributed by atoms with Crippen LogP contribution in [0.15, 0.2) is 30.5 Å². The van der Waals surface area contributed by atoms with Crippen molar-refractivity contribution in [3.8, 4) is 6.07 Å². The third-order valence-corrected chi connectivity index (χ3v) is 6.12. The summed E-state index contributed by atoms with van der Waals surface area (Å²) in [7, 11) is 0. The van der Waals surface area contributed by atoms with Crippen LogP contribution >= 0.6 is 0 Å². The highest BCUT2D eigenvalue weighted by Gasteiger charge is 2.37. The first kappa shape index (κ1) is 21.4. The number of nitriles is 1. The van der Waals surface area contributed by atoms with Crippen LogP contribution in [0.5, 0.6) is 0 Å². The number of carboxylic acid groups (broad SMARTS) is 1. The first-order chi connectivity index (χ1) is 15.4. The first-order valence-electron chi connectivity index (χ1n) is 10.5. The lowest BCUT2D eigenvalue weighted by molar-refractivity contribution is -0.134. The lowest BCUT2D eigenvalue weighted by atomic mass is 10.00. The number of amides is 3. The van der Waals surface area contributed by atoms with Gasteiger partial charge in [0.25, 0.3) is 0 Å². The minimum Gasteiger partial charge on any atom is -0.465 e. The van der Waals surface area contributed by atoms with E-state index in [-0.39, 0.29) is 24.4 Å². The summed E-state index contributed by atoms with van der Waals surface area (Å²) in [6, 6.07) is 7.79. The quantitative estimate of drug-likeness (QED) is 0.734. The fourth-order valence-corrected chi connectivity index (χ4v) is 4.44. The number of hydrogen-bond donors (Lipinski definition) is 2. The number of aryl methyl sites for hydroxylation is 1. The van der Waals surface area contributed by atoms with E-state index in [9.17, 15) is 19.5 Å². The molecular formula is C22H24N6O4. The second-order valence-electron chi connectivity index (χ2n) is 8.11. The van der Waals surface area contributed by atoms with Crippen LogP contribution in [0, 0.1) is 18.3 Å². The van der Waals surface area contributed by atoms with Crippen molar-refractivity contribution in [2.24, 2.45) is 0 Å². The van der Waals surface area contributed by atoms with Gasteiger partial charge in [-0.05, 0) is 37.5 Å². The molecule has 2 aliphatic heterocycles. The van der Waals surface area contributed by atoms with E-state index in [1.54, 1.807) is 46.9 Å². The summed E-state index contributed by atoms with van der Waals surface area (Å²) in [5.74, 6) is 0.389. The largest absolute Gasteiger partial charge is 0.465 e. The molecule has 10 heteroatoms. The molecule has 10 nitrogen and oxygen atoms in total. The predicted octanol–water partition coefficient (Wildman–Crippen LogP) is 1.72. The minimum atomic E-state index is -1.26. The standard InChI is InChI=1S/C22H24N6O4/c1-14-24-12-18-13-27(22(32)28(14)18)17-6-8-26(9-7-17)20(29)19(25-21(30)31)10-15-2-4-16(11-23)5-3-15/h2-5,12,17,19,25H,6-10,13H2,1H3,(H,30,31)/t19-/m1/s1. The van der Waals surface area contributed by atoms with Gasteiger partial charge in [-0.3, -0.25) is 9.36 Å². The SMILES string of the molecule is Cc1ncc2n1C(=O)N(C1CCN(C(=O)[C@@H](Cc3ccc(C#N)cc3)NC(=O)O)CC1)C2. The van der Waals surface area contributed by atoms with Gasteiger partial charge in [0, 0.05) is 25.6 Å². The van der Waals surface area contributed by atoms with Crippen molar-refractivity contribution in [2.75, 3.05) is 13.1 Å². The molecule has 2 N–H and O–H groups in total. The van der Waals surface area contributed by atoms with Crippen LogP contribution in [0.2, 0.25) is 0 Å². The van der Waals surface area contributed by atoms with Gasteiger partial charge in [-0.1, -0.05) is 12.1 Å². The zero-order valence-corrected chi connectivity index (χ0v) is 17.7. The molecule has 0 spiro atoms. The van der Waals surface area contributed by atoms with Crippen molar-refractivity contribution in [1.82, 2.24) is 24.7 Å². The van der Waals surface area contributed by atoms with Crippen LogP contribution in [0.25, 0.3) is 0 Å². The highest BCUT2D eigenvalue weighted by atomic mass is 16.4. The lowest BCUT2D eigenvalue weighted by Gasteiger charge is -2.37. The van der Waals surface area contributed by atoms with Gasteiger partial charge in [0.1, 0.15) is 11.9 Å². The summed E-state index contributed by atoms with van der Waals surface area (Å²) in [6.45, 7) is 3.21. The number of piperidine rings is 1. The number of fused-ring (bicyclic) bond motifs is 1. The van der Waals surface area contributed by atoms with E-state index < -0.39 is 12.1 Å². The van der Waals surface area contributed by atoms with Gasteiger partial charge >= 0.3 is 12.1 Å². The van der Waals surface area contributed by atoms with E-state index >= 15 is 0 Å².